The second-order valence-corrected chi connectivity index (χ2v) is 6.40. The number of amides is 1. The van der Waals surface area contributed by atoms with Crippen LogP contribution in [0, 0.1) is 0 Å². The van der Waals surface area contributed by atoms with Gasteiger partial charge in [0, 0.05) is 30.8 Å². The monoisotopic (exact) mass is 369 g/mol. The predicted molar refractivity (Wildman–Crippen MR) is 102 cm³/mol. The second-order valence-electron chi connectivity index (χ2n) is 6.00. The molecule has 0 radical (unpaired) electrons. The van der Waals surface area contributed by atoms with Crippen molar-refractivity contribution in [2.45, 2.75) is 12.5 Å². The van der Waals surface area contributed by atoms with E-state index in [0.717, 1.165) is 11.1 Å². The van der Waals surface area contributed by atoms with Gasteiger partial charge in [0.1, 0.15) is 6.33 Å². The fourth-order valence-electron chi connectivity index (χ4n) is 2.74. The van der Waals surface area contributed by atoms with Crippen LogP contribution in [0.15, 0.2) is 54.9 Å². The summed E-state index contributed by atoms with van der Waals surface area (Å²) in [5, 5.41) is 7.45. The van der Waals surface area contributed by atoms with E-state index >= 15 is 0 Å². The van der Waals surface area contributed by atoms with Gasteiger partial charge in [-0.1, -0.05) is 41.9 Å². The fourth-order valence-corrected chi connectivity index (χ4v) is 3.00. The number of nitrogens with two attached hydrogens (primary N) is 1. The number of aromatic nitrogens is 3. The number of halogens is 1. The minimum atomic E-state index is -0.206. The Kier molecular flexibility index (Phi) is 5.65. The summed E-state index contributed by atoms with van der Waals surface area (Å²) in [6.45, 7) is 0.353. The summed E-state index contributed by atoms with van der Waals surface area (Å²) in [6.07, 6.45) is 2.13. The van der Waals surface area contributed by atoms with E-state index in [-0.39, 0.29) is 11.9 Å². The quantitative estimate of drug-likeness (QED) is 0.698. The first-order chi connectivity index (χ1) is 12.6. The van der Waals surface area contributed by atoms with Crippen molar-refractivity contribution in [3.05, 3.63) is 71.0 Å². The first-order valence-electron chi connectivity index (χ1n) is 8.27. The van der Waals surface area contributed by atoms with Crippen LogP contribution in [-0.4, -0.2) is 33.3 Å². The maximum atomic E-state index is 12.6. The van der Waals surface area contributed by atoms with E-state index in [4.69, 9.17) is 17.3 Å². The topological polar surface area (TPSA) is 85.8 Å². The Hall–Kier alpha value is -2.70. The molecule has 26 heavy (non-hydrogen) atoms. The third-order valence-corrected chi connectivity index (χ3v) is 4.44. The van der Waals surface area contributed by atoms with Gasteiger partial charge >= 0.3 is 0 Å². The van der Waals surface area contributed by atoms with Crippen molar-refractivity contribution in [2.75, 3.05) is 6.54 Å². The average Bonchev–Trinajstić information content (AvgIpc) is 3.07. The lowest BCUT2D eigenvalue weighted by Gasteiger charge is -2.17. The highest BCUT2D eigenvalue weighted by molar-refractivity contribution is 6.33. The standard InChI is InChI=1S/C19H20ClN5O/c1-25-18(22-12-23-25)16-8-7-14(10-17(16)20)19(26)24-15(11-21)9-13-5-3-2-4-6-13/h2-8,10,12,15H,9,11,21H2,1H3,(H,24,26)/t15-/m1/s1. The van der Waals surface area contributed by atoms with Gasteiger partial charge in [-0.25, -0.2) is 9.67 Å². The Labute approximate surface area is 157 Å². The van der Waals surface area contributed by atoms with Crippen LogP contribution in [0.4, 0.5) is 0 Å². The van der Waals surface area contributed by atoms with Crippen molar-refractivity contribution in [1.82, 2.24) is 20.1 Å². The van der Waals surface area contributed by atoms with Crippen LogP contribution in [-0.2, 0) is 13.5 Å². The number of carbonyl (C=O) groups is 1. The Bertz CT molecular complexity index is 894. The molecule has 7 heteroatoms. The molecule has 3 rings (SSSR count). The summed E-state index contributed by atoms with van der Waals surface area (Å²) < 4.78 is 1.63. The van der Waals surface area contributed by atoms with Gasteiger partial charge in [-0.3, -0.25) is 4.79 Å². The molecule has 0 fully saturated rings. The molecule has 3 N–H and O–H groups in total. The second kappa shape index (κ2) is 8.12. The molecule has 0 aliphatic heterocycles. The van der Waals surface area contributed by atoms with E-state index in [2.05, 4.69) is 15.4 Å². The molecule has 0 bridgehead atoms. The summed E-state index contributed by atoms with van der Waals surface area (Å²) >= 11 is 6.35. The van der Waals surface area contributed by atoms with Crippen molar-refractivity contribution in [3.63, 3.8) is 0 Å². The van der Waals surface area contributed by atoms with Crippen LogP contribution < -0.4 is 11.1 Å². The van der Waals surface area contributed by atoms with Gasteiger partial charge in [0.2, 0.25) is 0 Å². The third-order valence-electron chi connectivity index (χ3n) is 4.13. The molecular weight excluding hydrogens is 350 g/mol. The maximum absolute atomic E-state index is 12.6. The number of aryl methyl sites for hydroxylation is 1. The van der Waals surface area contributed by atoms with Gasteiger partial charge in [-0.2, -0.15) is 5.10 Å². The van der Waals surface area contributed by atoms with Crippen molar-refractivity contribution in [3.8, 4) is 11.4 Å². The van der Waals surface area contributed by atoms with E-state index in [0.29, 0.717) is 29.4 Å². The van der Waals surface area contributed by atoms with Gasteiger partial charge in [0.15, 0.2) is 5.82 Å². The Morgan fingerprint density at radius 3 is 2.65 bits per heavy atom. The van der Waals surface area contributed by atoms with Gasteiger partial charge in [0.05, 0.1) is 5.02 Å². The highest BCUT2D eigenvalue weighted by Gasteiger charge is 2.16. The van der Waals surface area contributed by atoms with Gasteiger partial charge in [-0.05, 0) is 30.2 Å². The van der Waals surface area contributed by atoms with Gasteiger partial charge in [-0.15, -0.1) is 0 Å². The molecule has 2 aromatic carbocycles. The molecule has 0 saturated carbocycles. The molecule has 1 atom stereocenters. The zero-order chi connectivity index (χ0) is 18.5. The smallest absolute Gasteiger partial charge is 0.251 e. The minimum absolute atomic E-state index is 0.151. The lowest BCUT2D eigenvalue weighted by atomic mass is 10.0. The van der Waals surface area contributed by atoms with Crippen molar-refractivity contribution < 1.29 is 4.79 Å². The molecule has 0 spiro atoms. The summed E-state index contributed by atoms with van der Waals surface area (Å²) in [4.78, 5) is 16.7. The zero-order valence-corrected chi connectivity index (χ0v) is 15.1. The number of nitrogens with zero attached hydrogens (tertiary/aromatic N) is 3. The number of rotatable bonds is 6. The van der Waals surface area contributed by atoms with Crippen LogP contribution in [0.1, 0.15) is 15.9 Å². The van der Waals surface area contributed by atoms with Crippen LogP contribution in [0.2, 0.25) is 5.02 Å². The molecule has 1 heterocycles. The largest absolute Gasteiger partial charge is 0.348 e. The normalized spacial score (nSPS) is 12.0. The molecule has 0 aliphatic carbocycles. The van der Waals surface area contributed by atoms with E-state index in [1.165, 1.54) is 6.33 Å². The Morgan fingerprint density at radius 2 is 2.04 bits per heavy atom. The Balaban J connectivity index is 1.73. The van der Waals surface area contributed by atoms with Crippen molar-refractivity contribution >= 4 is 17.5 Å². The van der Waals surface area contributed by atoms with Crippen molar-refractivity contribution in [2.24, 2.45) is 12.8 Å². The summed E-state index contributed by atoms with van der Waals surface area (Å²) in [6, 6.07) is 14.9. The zero-order valence-electron chi connectivity index (χ0n) is 14.4. The van der Waals surface area contributed by atoms with E-state index in [1.54, 1.807) is 29.9 Å². The highest BCUT2D eigenvalue weighted by atomic mass is 35.5. The van der Waals surface area contributed by atoms with Crippen LogP contribution >= 0.6 is 11.6 Å². The van der Waals surface area contributed by atoms with E-state index in [9.17, 15) is 4.79 Å². The number of hydrogen-bond donors (Lipinski definition) is 2. The third kappa shape index (κ3) is 4.09. The maximum Gasteiger partial charge on any atom is 0.251 e. The number of carbonyl (C=O) groups excluding carboxylic acids is 1. The van der Waals surface area contributed by atoms with E-state index < -0.39 is 0 Å². The molecule has 1 amide bonds. The Morgan fingerprint density at radius 1 is 1.27 bits per heavy atom. The lowest BCUT2D eigenvalue weighted by molar-refractivity contribution is 0.0938. The number of benzene rings is 2. The van der Waals surface area contributed by atoms with Gasteiger partial charge in [0.25, 0.3) is 5.91 Å². The fraction of sp³-hybridized carbons (Fsp3) is 0.211. The molecular formula is C19H20ClN5O. The summed E-state index contributed by atoms with van der Waals surface area (Å²) in [5.74, 6) is 0.439. The average molecular weight is 370 g/mol. The minimum Gasteiger partial charge on any atom is -0.348 e. The number of hydrogen-bond acceptors (Lipinski definition) is 4. The molecule has 0 saturated heterocycles. The van der Waals surface area contributed by atoms with Crippen LogP contribution in [0.5, 0.6) is 0 Å². The summed E-state index contributed by atoms with van der Waals surface area (Å²) in [5.41, 5.74) is 8.15. The molecule has 3 aromatic rings. The van der Waals surface area contributed by atoms with Gasteiger partial charge < -0.3 is 11.1 Å². The number of nitrogens with one attached hydrogen (secondary N) is 1. The SMILES string of the molecule is Cn1ncnc1-c1ccc(C(=O)N[C@@H](CN)Cc2ccccc2)cc1Cl. The molecule has 134 valence electrons. The van der Waals surface area contributed by atoms with Crippen LogP contribution in [0.25, 0.3) is 11.4 Å². The first kappa shape index (κ1) is 18.1. The molecule has 1 aromatic heterocycles. The van der Waals surface area contributed by atoms with Crippen molar-refractivity contribution in [1.29, 1.82) is 0 Å². The highest BCUT2D eigenvalue weighted by Crippen LogP contribution is 2.26. The molecule has 0 aliphatic rings. The predicted octanol–water partition coefficient (Wildman–Crippen LogP) is 2.44. The first-order valence-corrected chi connectivity index (χ1v) is 8.65. The lowest BCUT2D eigenvalue weighted by Crippen LogP contribution is -2.41. The molecule has 0 unspecified atom stereocenters. The van der Waals surface area contributed by atoms with E-state index in [1.807, 2.05) is 30.3 Å². The van der Waals surface area contributed by atoms with Crippen LogP contribution in [0.3, 0.4) is 0 Å². The summed E-state index contributed by atoms with van der Waals surface area (Å²) in [7, 11) is 1.79. The molecule has 6 nitrogen and oxygen atoms in total.